The van der Waals surface area contributed by atoms with Gasteiger partial charge in [-0.3, -0.25) is 4.79 Å². The van der Waals surface area contributed by atoms with Gasteiger partial charge in [0.25, 0.3) is 0 Å². The summed E-state index contributed by atoms with van der Waals surface area (Å²) in [6, 6.07) is 0. The van der Waals surface area contributed by atoms with Crippen LogP contribution in [0.2, 0.25) is 0 Å². The summed E-state index contributed by atoms with van der Waals surface area (Å²) in [5.41, 5.74) is 4.27. The number of nitrogens with two attached hydrogens (primary N) is 1. The lowest BCUT2D eigenvalue weighted by molar-refractivity contribution is -0.154. The Morgan fingerprint density at radius 2 is 1.93 bits per heavy atom. The van der Waals surface area contributed by atoms with Crippen LogP contribution < -0.4 is 11.1 Å². The second-order valence-electron chi connectivity index (χ2n) is 3.39. The van der Waals surface area contributed by atoms with Crippen molar-refractivity contribution >= 4 is 23.1 Å². The highest BCUT2D eigenvalue weighted by Gasteiger charge is 2.35. The van der Waals surface area contributed by atoms with E-state index in [9.17, 15) is 18.0 Å². The first-order valence-electron chi connectivity index (χ1n) is 4.28. The maximum atomic E-state index is 11.9. The quantitative estimate of drug-likeness (QED) is 0.735. The number of amides is 1. The number of nitrogens with one attached hydrogen (secondary N) is 1. The first-order chi connectivity index (χ1) is 6.60. The van der Waals surface area contributed by atoms with Crippen molar-refractivity contribution in [2.24, 2.45) is 5.73 Å². The van der Waals surface area contributed by atoms with Crippen LogP contribution in [0.4, 0.5) is 13.2 Å². The van der Waals surface area contributed by atoms with Gasteiger partial charge in [-0.25, -0.2) is 0 Å². The Bertz CT molecular complexity index is 267. The molecule has 1 amide bonds. The number of carbonyl (C=O) groups is 1. The van der Waals surface area contributed by atoms with Crippen molar-refractivity contribution < 1.29 is 18.0 Å². The molecule has 1 atom stereocenters. The third-order valence-electron chi connectivity index (χ3n) is 2.03. The fourth-order valence-corrected chi connectivity index (χ4v) is 1.05. The van der Waals surface area contributed by atoms with E-state index in [1.807, 2.05) is 0 Å². The van der Waals surface area contributed by atoms with Crippen LogP contribution in [-0.2, 0) is 4.79 Å². The topological polar surface area (TPSA) is 55.1 Å². The average Bonchev–Trinajstić information content (AvgIpc) is 1.99. The molecule has 0 aliphatic rings. The number of carbonyl (C=O) groups excluding carboxylic acids is 1. The van der Waals surface area contributed by atoms with Gasteiger partial charge in [0.05, 0.1) is 10.5 Å². The van der Waals surface area contributed by atoms with E-state index in [2.05, 4.69) is 17.5 Å². The zero-order valence-corrected chi connectivity index (χ0v) is 9.26. The molecule has 0 saturated heterocycles. The van der Waals surface area contributed by atoms with Crippen LogP contribution in [0.1, 0.15) is 26.7 Å². The summed E-state index contributed by atoms with van der Waals surface area (Å²) in [7, 11) is 0. The summed E-state index contributed by atoms with van der Waals surface area (Å²) in [5.74, 6) is -1.13. The van der Waals surface area contributed by atoms with E-state index in [0.29, 0.717) is 6.42 Å². The highest BCUT2D eigenvalue weighted by Crippen LogP contribution is 2.20. The largest absolute Gasteiger partial charge is 0.397 e. The summed E-state index contributed by atoms with van der Waals surface area (Å²) >= 11 is 4.67. The molecule has 0 aromatic heterocycles. The van der Waals surface area contributed by atoms with Crippen LogP contribution in [0, 0.1) is 0 Å². The van der Waals surface area contributed by atoms with Crippen molar-refractivity contribution in [3.63, 3.8) is 0 Å². The van der Waals surface area contributed by atoms with E-state index in [0.717, 1.165) is 0 Å². The maximum absolute atomic E-state index is 11.9. The Labute approximate surface area is 91.2 Å². The summed E-state index contributed by atoms with van der Waals surface area (Å²) < 4.78 is 35.6. The molecule has 1 unspecified atom stereocenters. The number of alkyl halides is 3. The Balaban J connectivity index is 4.45. The fourth-order valence-electron chi connectivity index (χ4n) is 0.858. The summed E-state index contributed by atoms with van der Waals surface area (Å²) in [6.45, 7) is 3.16. The van der Waals surface area contributed by atoms with Gasteiger partial charge in [-0.15, -0.1) is 0 Å². The molecule has 0 radical (unpaired) electrons. The van der Waals surface area contributed by atoms with Gasteiger partial charge < -0.3 is 11.1 Å². The van der Waals surface area contributed by atoms with Crippen LogP contribution in [0.5, 0.6) is 0 Å². The van der Waals surface area contributed by atoms with Crippen LogP contribution in [-0.4, -0.2) is 22.6 Å². The van der Waals surface area contributed by atoms with Gasteiger partial charge in [0, 0.05) is 0 Å². The Morgan fingerprint density at radius 3 is 2.20 bits per heavy atom. The van der Waals surface area contributed by atoms with Crippen molar-refractivity contribution in [1.82, 2.24) is 5.32 Å². The highest BCUT2D eigenvalue weighted by molar-refractivity contribution is 7.80. The molecule has 15 heavy (non-hydrogen) atoms. The second kappa shape index (κ2) is 4.78. The fraction of sp³-hybridized carbons (Fsp3) is 0.750. The third-order valence-corrected chi connectivity index (χ3v) is 2.48. The molecule has 7 heteroatoms. The van der Waals surface area contributed by atoms with E-state index in [1.165, 1.54) is 6.92 Å². The lowest BCUT2D eigenvalue weighted by Gasteiger charge is -2.28. The molecule has 0 bridgehead atoms. The van der Waals surface area contributed by atoms with Gasteiger partial charge in [-0.05, 0) is 13.3 Å². The molecule has 0 aromatic rings. The second-order valence-corrected chi connectivity index (χ2v) is 3.83. The molecule has 3 N–H and O–H groups in total. The Morgan fingerprint density at radius 1 is 1.47 bits per heavy atom. The molecule has 0 spiro atoms. The van der Waals surface area contributed by atoms with E-state index in [4.69, 9.17) is 5.73 Å². The highest BCUT2D eigenvalue weighted by atomic mass is 32.1. The number of rotatable bonds is 4. The van der Waals surface area contributed by atoms with Crippen molar-refractivity contribution in [2.75, 3.05) is 0 Å². The Kier molecular flexibility index (Phi) is 4.51. The van der Waals surface area contributed by atoms with Gasteiger partial charge in [0.2, 0.25) is 5.91 Å². The predicted molar refractivity (Wildman–Crippen MR) is 54.3 cm³/mol. The predicted octanol–water partition coefficient (Wildman–Crippen LogP) is 1.51. The SMILES string of the molecule is CCC(C)(NC(=O)CC(F)(F)F)C(N)=S. The molecule has 0 saturated carbocycles. The van der Waals surface area contributed by atoms with Gasteiger partial charge in [0.1, 0.15) is 6.42 Å². The monoisotopic (exact) mass is 242 g/mol. The van der Waals surface area contributed by atoms with Crippen molar-refractivity contribution in [2.45, 2.75) is 38.4 Å². The van der Waals surface area contributed by atoms with Crippen LogP contribution in [0.25, 0.3) is 0 Å². The summed E-state index contributed by atoms with van der Waals surface area (Å²) in [6.07, 6.45) is -5.70. The summed E-state index contributed by atoms with van der Waals surface area (Å²) in [4.78, 5) is 11.0. The zero-order valence-electron chi connectivity index (χ0n) is 8.44. The molecule has 88 valence electrons. The number of thiocarbonyl (C=S) groups is 1. The number of hydrogen-bond donors (Lipinski definition) is 2. The molecular formula is C8H13F3N2OS. The molecule has 0 fully saturated rings. The molecular weight excluding hydrogens is 229 g/mol. The van der Waals surface area contributed by atoms with Gasteiger partial charge in [0.15, 0.2) is 0 Å². The molecule has 3 nitrogen and oxygen atoms in total. The van der Waals surface area contributed by atoms with Crippen molar-refractivity contribution in [3.8, 4) is 0 Å². The van der Waals surface area contributed by atoms with Gasteiger partial charge in [-0.1, -0.05) is 19.1 Å². The lowest BCUT2D eigenvalue weighted by Crippen LogP contribution is -2.54. The van der Waals surface area contributed by atoms with Crippen LogP contribution >= 0.6 is 12.2 Å². The first kappa shape index (κ1) is 14.2. The third kappa shape index (κ3) is 4.96. The standard InChI is InChI=1S/C8H13F3N2OS/c1-3-7(2,6(12)15)13-5(14)4-8(9,10)11/h3-4H2,1-2H3,(H2,12,15)(H,13,14). The first-order valence-corrected chi connectivity index (χ1v) is 4.69. The maximum Gasteiger partial charge on any atom is 0.397 e. The average molecular weight is 242 g/mol. The minimum Gasteiger partial charge on any atom is -0.391 e. The molecule has 0 aliphatic heterocycles. The molecule has 0 aliphatic carbocycles. The summed E-state index contributed by atoms with van der Waals surface area (Å²) in [5, 5.41) is 2.17. The van der Waals surface area contributed by atoms with Crippen molar-refractivity contribution in [3.05, 3.63) is 0 Å². The smallest absolute Gasteiger partial charge is 0.391 e. The lowest BCUT2D eigenvalue weighted by atomic mass is 9.99. The van der Waals surface area contributed by atoms with Crippen LogP contribution in [0.15, 0.2) is 0 Å². The normalized spacial score (nSPS) is 15.5. The molecule has 0 aromatic carbocycles. The number of hydrogen-bond acceptors (Lipinski definition) is 2. The number of halogens is 3. The Hall–Kier alpha value is -0.850. The van der Waals surface area contributed by atoms with Gasteiger partial charge >= 0.3 is 6.18 Å². The van der Waals surface area contributed by atoms with E-state index in [1.54, 1.807) is 6.92 Å². The van der Waals surface area contributed by atoms with Crippen molar-refractivity contribution in [1.29, 1.82) is 0 Å². The van der Waals surface area contributed by atoms with Crippen LogP contribution in [0.3, 0.4) is 0 Å². The van der Waals surface area contributed by atoms with Gasteiger partial charge in [-0.2, -0.15) is 13.2 Å². The molecule has 0 heterocycles. The zero-order chi connectivity index (χ0) is 12.3. The minimum atomic E-state index is -4.52. The minimum absolute atomic E-state index is 0.0273. The van der Waals surface area contributed by atoms with E-state index < -0.39 is 24.0 Å². The molecule has 0 rings (SSSR count). The van der Waals surface area contributed by atoms with E-state index in [-0.39, 0.29) is 4.99 Å². The van der Waals surface area contributed by atoms with E-state index >= 15 is 0 Å².